The molecule has 0 saturated heterocycles. The topological polar surface area (TPSA) is 76.8 Å². The normalized spacial score (nSPS) is 10.6. The molecule has 7 heteroatoms. The van der Waals surface area contributed by atoms with Gasteiger partial charge in [0, 0.05) is 24.4 Å². The van der Waals surface area contributed by atoms with E-state index in [9.17, 15) is 14.4 Å². The molecule has 0 bridgehead atoms. The second kappa shape index (κ2) is 8.75. The van der Waals surface area contributed by atoms with Crippen molar-refractivity contribution in [2.75, 3.05) is 26.5 Å². The van der Waals surface area contributed by atoms with Crippen LogP contribution in [0.4, 0.5) is 0 Å². The Balaban J connectivity index is 1.64. The van der Waals surface area contributed by atoms with Gasteiger partial charge in [0.2, 0.25) is 11.7 Å². The highest BCUT2D eigenvalue weighted by Gasteiger charge is 2.18. The van der Waals surface area contributed by atoms with Crippen LogP contribution in [-0.4, -0.2) is 49.0 Å². The van der Waals surface area contributed by atoms with Crippen molar-refractivity contribution in [2.24, 2.45) is 0 Å². The summed E-state index contributed by atoms with van der Waals surface area (Å²) in [7, 11) is 3.35. The lowest BCUT2D eigenvalue weighted by Crippen LogP contribution is -2.23. The van der Waals surface area contributed by atoms with Gasteiger partial charge in [-0.25, -0.2) is 4.79 Å². The molecule has 144 valence electrons. The van der Waals surface area contributed by atoms with E-state index in [1.54, 1.807) is 50.5 Å². The molecular formula is C21H19NO5S. The number of Topliss-reactive ketones (excluding diaryl/α,β-unsaturated/α-hetero) is 1. The van der Waals surface area contributed by atoms with Crippen molar-refractivity contribution < 1.29 is 23.5 Å². The number of carbonyl (C=O) groups is 3. The van der Waals surface area contributed by atoms with Crippen molar-refractivity contribution in [1.82, 2.24) is 4.90 Å². The van der Waals surface area contributed by atoms with E-state index in [1.807, 2.05) is 18.2 Å². The van der Waals surface area contributed by atoms with Crippen LogP contribution >= 0.6 is 11.8 Å². The molecule has 1 amide bonds. The zero-order chi connectivity index (χ0) is 20.1. The van der Waals surface area contributed by atoms with Crippen molar-refractivity contribution in [1.29, 1.82) is 0 Å². The molecule has 1 aromatic heterocycles. The number of fused-ring (bicyclic) bond motifs is 1. The van der Waals surface area contributed by atoms with Crippen LogP contribution in [0.2, 0.25) is 0 Å². The van der Waals surface area contributed by atoms with Crippen LogP contribution in [0.5, 0.6) is 0 Å². The Morgan fingerprint density at radius 1 is 1.04 bits per heavy atom. The third-order valence-corrected chi connectivity index (χ3v) is 5.05. The Hall–Kier alpha value is -3.06. The molecule has 1 heterocycles. The van der Waals surface area contributed by atoms with Gasteiger partial charge in [-0.05, 0) is 24.3 Å². The lowest BCUT2D eigenvalue weighted by Gasteiger charge is -2.11. The Morgan fingerprint density at radius 2 is 1.75 bits per heavy atom. The standard InChI is InChI=1S/C21H19NO5S/c1-22(2)20(24)13-28-19-10-6-4-8-15(19)21(25)26-12-16(23)18-11-14-7-3-5-9-17(14)27-18/h3-11H,12-13H2,1-2H3. The summed E-state index contributed by atoms with van der Waals surface area (Å²) in [6.07, 6.45) is 0. The van der Waals surface area contributed by atoms with Gasteiger partial charge in [-0.3, -0.25) is 9.59 Å². The molecule has 0 N–H and O–H groups in total. The first-order valence-corrected chi connectivity index (χ1v) is 9.55. The number of benzene rings is 2. The molecule has 0 radical (unpaired) electrons. The predicted molar refractivity (Wildman–Crippen MR) is 107 cm³/mol. The lowest BCUT2D eigenvalue weighted by atomic mass is 10.2. The molecule has 2 aromatic carbocycles. The molecule has 3 rings (SSSR count). The summed E-state index contributed by atoms with van der Waals surface area (Å²) in [4.78, 5) is 38.6. The van der Waals surface area contributed by atoms with Gasteiger partial charge >= 0.3 is 5.97 Å². The zero-order valence-corrected chi connectivity index (χ0v) is 16.3. The van der Waals surface area contributed by atoms with E-state index < -0.39 is 18.4 Å². The Bertz CT molecular complexity index is 991. The Kier molecular flexibility index (Phi) is 6.16. The molecule has 28 heavy (non-hydrogen) atoms. The average molecular weight is 397 g/mol. The molecule has 0 fully saturated rings. The number of esters is 1. The minimum Gasteiger partial charge on any atom is -0.454 e. The Morgan fingerprint density at radius 3 is 2.50 bits per heavy atom. The van der Waals surface area contributed by atoms with Crippen molar-refractivity contribution in [3.05, 3.63) is 65.9 Å². The first-order chi connectivity index (χ1) is 13.5. The van der Waals surface area contributed by atoms with Gasteiger partial charge < -0.3 is 14.1 Å². The number of carbonyl (C=O) groups excluding carboxylic acids is 3. The van der Waals surface area contributed by atoms with Crippen LogP contribution in [0, 0.1) is 0 Å². The summed E-state index contributed by atoms with van der Waals surface area (Å²) in [6, 6.07) is 15.7. The van der Waals surface area contributed by atoms with E-state index in [0.29, 0.717) is 16.0 Å². The molecule has 0 aliphatic carbocycles. The van der Waals surface area contributed by atoms with E-state index in [2.05, 4.69) is 0 Å². The quantitative estimate of drug-likeness (QED) is 0.344. The van der Waals surface area contributed by atoms with E-state index in [-0.39, 0.29) is 17.4 Å². The molecule has 0 aliphatic rings. The number of ketones is 1. The van der Waals surface area contributed by atoms with Crippen LogP contribution in [0.1, 0.15) is 20.9 Å². The van der Waals surface area contributed by atoms with Gasteiger partial charge in [0.1, 0.15) is 5.58 Å². The minimum atomic E-state index is -0.620. The molecule has 0 aliphatic heterocycles. The zero-order valence-electron chi connectivity index (χ0n) is 15.5. The highest BCUT2D eigenvalue weighted by atomic mass is 32.2. The molecule has 0 unspecified atom stereocenters. The maximum atomic E-state index is 12.4. The fraction of sp³-hybridized carbons (Fsp3) is 0.190. The molecule has 0 atom stereocenters. The van der Waals surface area contributed by atoms with Crippen LogP contribution in [0.3, 0.4) is 0 Å². The second-order valence-electron chi connectivity index (χ2n) is 6.22. The number of furan rings is 1. The number of para-hydroxylation sites is 1. The van der Waals surface area contributed by atoms with Crippen LogP contribution in [0.15, 0.2) is 63.9 Å². The smallest absolute Gasteiger partial charge is 0.339 e. The summed E-state index contributed by atoms with van der Waals surface area (Å²) in [5, 5.41) is 0.810. The number of hydrogen-bond donors (Lipinski definition) is 0. The lowest BCUT2D eigenvalue weighted by molar-refractivity contribution is -0.125. The van der Waals surface area contributed by atoms with Crippen LogP contribution in [0.25, 0.3) is 11.0 Å². The van der Waals surface area contributed by atoms with Gasteiger partial charge in [-0.2, -0.15) is 0 Å². The molecular weight excluding hydrogens is 378 g/mol. The average Bonchev–Trinajstić information content (AvgIpc) is 3.14. The molecule has 6 nitrogen and oxygen atoms in total. The summed E-state index contributed by atoms with van der Waals surface area (Å²) < 4.78 is 10.7. The highest BCUT2D eigenvalue weighted by molar-refractivity contribution is 8.00. The monoisotopic (exact) mass is 397 g/mol. The van der Waals surface area contributed by atoms with Crippen molar-refractivity contribution in [3.8, 4) is 0 Å². The minimum absolute atomic E-state index is 0.0618. The fourth-order valence-electron chi connectivity index (χ4n) is 2.43. The Labute approximate surface area is 166 Å². The summed E-state index contributed by atoms with van der Waals surface area (Å²) in [5.74, 6) is -0.751. The van der Waals surface area contributed by atoms with Crippen molar-refractivity contribution >= 4 is 40.4 Å². The third kappa shape index (κ3) is 4.61. The largest absolute Gasteiger partial charge is 0.454 e. The highest BCUT2D eigenvalue weighted by Crippen LogP contribution is 2.24. The van der Waals surface area contributed by atoms with Crippen LogP contribution < -0.4 is 0 Å². The summed E-state index contributed by atoms with van der Waals surface area (Å²) in [5.41, 5.74) is 0.918. The van der Waals surface area contributed by atoms with E-state index >= 15 is 0 Å². The first kappa shape index (κ1) is 19.7. The first-order valence-electron chi connectivity index (χ1n) is 8.56. The number of thioether (sulfide) groups is 1. The number of ether oxygens (including phenoxy) is 1. The van der Waals surface area contributed by atoms with E-state index in [4.69, 9.17) is 9.15 Å². The predicted octanol–water partition coefficient (Wildman–Crippen LogP) is 3.65. The number of hydrogen-bond acceptors (Lipinski definition) is 6. The van der Waals surface area contributed by atoms with E-state index in [1.165, 1.54) is 16.7 Å². The second-order valence-corrected chi connectivity index (χ2v) is 7.24. The molecule has 3 aromatic rings. The van der Waals surface area contributed by atoms with E-state index in [0.717, 1.165) is 5.39 Å². The maximum absolute atomic E-state index is 12.4. The van der Waals surface area contributed by atoms with Crippen molar-refractivity contribution in [2.45, 2.75) is 4.90 Å². The third-order valence-electron chi connectivity index (χ3n) is 3.99. The van der Waals surface area contributed by atoms with Gasteiger partial charge in [0.15, 0.2) is 12.4 Å². The number of amides is 1. The molecule has 0 spiro atoms. The van der Waals surface area contributed by atoms with Gasteiger partial charge in [0.05, 0.1) is 11.3 Å². The number of rotatable bonds is 7. The van der Waals surface area contributed by atoms with Gasteiger partial charge in [0.25, 0.3) is 0 Å². The van der Waals surface area contributed by atoms with Gasteiger partial charge in [-0.15, -0.1) is 11.8 Å². The van der Waals surface area contributed by atoms with Crippen molar-refractivity contribution in [3.63, 3.8) is 0 Å². The summed E-state index contributed by atoms with van der Waals surface area (Å²) >= 11 is 1.25. The maximum Gasteiger partial charge on any atom is 0.339 e. The summed E-state index contributed by atoms with van der Waals surface area (Å²) in [6.45, 7) is -0.422. The number of nitrogens with zero attached hydrogens (tertiary/aromatic N) is 1. The van der Waals surface area contributed by atoms with Crippen LogP contribution in [-0.2, 0) is 9.53 Å². The SMILES string of the molecule is CN(C)C(=O)CSc1ccccc1C(=O)OCC(=O)c1cc2ccccc2o1. The van der Waals surface area contributed by atoms with Gasteiger partial charge in [-0.1, -0.05) is 30.3 Å². The molecule has 0 saturated carbocycles. The fourth-order valence-corrected chi connectivity index (χ4v) is 3.45.